The Labute approximate surface area is 104 Å². The Kier molecular flexibility index (Phi) is 4.16. The number of nitrogens with zero attached hydrogens (tertiary/aromatic N) is 2. The lowest BCUT2D eigenvalue weighted by molar-refractivity contribution is 0.0929. The fourth-order valence-corrected chi connectivity index (χ4v) is 2.73. The predicted molar refractivity (Wildman–Crippen MR) is 67.7 cm³/mol. The summed E-state index contributed by atoms with van der Waals surface area (Å²) >= 11 is 1.93. The van der Waals surface area contributed by atoms with E-state index in [0.717, 1.165) is 24.3 Å². The average Bonchev–Trinajstić information content (AvgIpc) is 2.40. The summed E-state index contributed by atoms with van der Waals surface area (Å²) in [5.74, 6) is 7.65. The van der Waals surface area contributed by atoms with Crippen molar-refractivity contribution in [2.24, 2.45) is 5.84 Å². The largest absolute Gasteiger partial charge is 0.348 e. The van der Waals surface area contributed by atoms with E-state index in [0.29, 0.717) is 11.5 Å². The van der Waals surface area contributed by atoms with Crippen LogP contribution in [0.1, 0.15) is 23.3 Å². The van der Waals surface area contributed by atoms with Crippen LogP contribution in [0.4, 0.5) is 5.82 Å². The zero-order valence-electron chi connectivity index (χ0n) is 9.35. The van der Waals surface area contributed by atoms with Crippen molar-refractivity contribution in [2.75, 3.05) is 16.9 Å². The first kappa shape index (κ1) is 12.1. The van der Waals surface area contributed by atoms with Gasteiger partial charge in [-0.1, -0.05) is 0 Å². The monoisotopic (exact) mass is 253 g/mol. The number of amides is 1. The minimum atomic E-state index is -0.169. The van der Waals surface area contributed by atoms with Crippen LogP contribution in [0.2, 0.25) is 0 Å². The number of anilines is 1. The van der Waals surface area contributed by atoms with Crippen molar-refractivity contribution in [1.29, 1.82) is 0 Å². The van der Waals surface area contributed by atoms with Crippen molar-refractivity contribution in [1.82, 2.24) is 15.3 Å². The van der Waals surface area contributed by atoms with Crippen LogP contribution in [-0.2, 0) is 0 Å². The molecule has 4 N–H and O–H groups in total. The first-order chi connectivity index (χ1) is 8.29. The summed E-state index contributed by atoms with van der Waals surface area (Å²) in [7, 11) is 0. The van der Waals surface area contributed by atoms with Gasteiger partial charge in [-0.05, 0) is 24.3 Å². The van der Waals surface area contributed by atoms with E-state index in [2.05, 4.69) is 20.7 Å². The van der Waals surface area contributed by atoms with Crippen LogP contribution in [0.3, 0.4) is 0 Å². The van der Waals surface area contributed by atoms with E-state index < -0.39 is 0 Å². The summed E-state index contributed by atoms with van der Waals surface area (Å²) in [6.45, 7) is 0. The maximum atomic E-state index is 11.8. The molecule has 6 nitrogen and oxygen atoms in total. The number of hydrogen-bond donors (Lipinski definition) is 3. The predicted octanol–water partition coefficient (Wildman–Crippen LogP) is 0.388. The van der Waals surface area contributed by atoms with E-state index in [4.69, 9.17) is 5.84 Å². The highest BCUT2D eigenvalue weighted by molar-refractivity contribution is 7.99. The van der Waals surface area contributed by atoms with Crippen molar-refractivity contribution >= 4 is 23.5 Å². The Balaban J connectivity index is 1.93. The quantitative estimate of drug-likeness (QED) is 0.533. The highest BCUT2D eigenvalue weighted by atomic mass is 32.2. The molecule has 1 amide bonds. The zero-order chi connectivity index (χ0) is 12.1. The summed E-state index contributed by atoms with van der Waals surface area (Å²) < 4.78 is 0. The molecule has 0 spiro atoms. The van der Waals surface area contributed by atoms with Crippen molar-refractivity contribution in [2.45, 2.75) is 18.9 Å². The normalized spacial score (nSPS) is 16.5. The minimum absolute atomic E-state index is 0.169. The number of nitrogen functional groups attached to an aromatic ring is 1. The second-order valence-corrected chi connectivity index (χ2v) is 5.02. The van der Waals surface area contributed by atoms with Gasteiger partial charge in [0.1, 0.15) is 5.69 Å². The lowest BCUT2D eigenvalue weighted by atomic mass is 10.1. The number of carbonyl (C=O) groups excluding carboxylic acids is 1. The van der Waals surface area contributed by atoms with Crippen LogP contribution in [0, 0.1) is 0 Å². The molecule has 7 heteroatoms. The van der Waals surface area contributed by atoms with Crippen molar-refractivity contribution in [3.63, 3.8) is 0 Å². The van der Waals surface area contributed by atoms with Gasteiger partial charge in [0.25, 0.3) is 5.91 Å². The Morgan fingerprint density at radius 3 is 2.71 bits per heavy atom. The Bertz CT molecular complexity index is 377. The maximum Gasteiger partial charge on any atom is 0.271 e. The molecule has 92 valence electrons. The first-order valence-electron chi connectivity index (χ1n) is 5.47. The second-order valence-electron chi connectivity index (χ2n) is 3.79. The third-order valence-electron chi connectivity index (χ3n) is 2.59. The Morgan fingerprint density at radius 2 is 2.12 bits per heavy atom. The fraction of sp³-hybridized carbons (Fsp3) is 0.500. The molecule has 0 aromatic carbocycles. The van der Waals surface area contributed by atoms with Crippen LogP contribution >= 0.6 is 11.8 Å². The molecule has 0 radical (unpaired) electrons. The van der Waals surface area contributed by atoms with Gasteiger partial charge in [0.2, 0.25) is 0 Å². The highest BCUT2D eigenvalue weighted by Crippen LogP contribution is 2.17. The molecule has 2 rings (SSSR count). The van der Waals surface area contributed by atoms with Gasteiger partial charge in [0.15, 0.2) is 5.82 Å². The molecule has 0 atom stereocenters. The zero-order valence-corrected chi connectivity index (χ0v) is 10.2. The Morgan fingerprint density at radius 1 is 1.35 bits per heavy atom. The van der Waals surface area contributed by atoms with E-state index in [1.54, 1.807) is 0 Å². The summed E-state index contributed by atoms with van der Waals surface area (Å²) in [4.78, 5) is 19.8. The van der Waals surface area contributed by atoms with Crippen LogP contribution in [0.5, 0.6) is 0 Å². The molecule has 1 aromatic heterocycles. The molecule has 1 aliphatic rings. The van der Waals surface area contributed by atoms with Gasteiger partial charge in [-0.15, -0.1) is 0 Å². The van der Waals surface area contributed by atoms with Crippen LogP contribution in [-0.4, -0.2) is 33.4 Å². The number of carbonyl (C=O) groups is 1. The van der Waals surface area contributed by atoms with E-state index in [1.165, 1.54) is 12.4 Å². The van der Waals surface area contributed by atoms with Crippen molar-refractivity contribution in [3.05, 3.63) is 18.1 Å². The molecule has 0 saturated carbocycles. The minimum Gasteiger partial charge on any atom is -0.348 e. The van der Waals surface area contributed by atoms with Gasteiger partial charge in [0.05, 0.1) is 12.4 Å². The summed E-state index contributed by atoms with van der Waals surface area (Å²) in [5.41, 5.74) is 2.69. The van der Waals surface area contributed by atoms with Crippen LogP contribution < -0.4 is 16.6 Å². The van der Waals surface area contributed by atoms with Crippen LogP contribution in [0.25, 0.3) is 0 Å². The topological polar surface area (TPSA) is 92.9 Å². The van der Waals surface area contributed by atoms with Crippen molar-refractivity contribution < 1.29 is 4.79 Å². The van der Waals surface area contributed by atoms with Gasteiger partial charge in [-0.3, -0.25) is 4.79 Å². The number of hydrazine groups is 1. The molecule has 0 bridgehead atoms. The van der Waals surface area contributed by atoms with Crippen LogP contribution in [0.15, 0.2) is 12.4 Å². The summed E-state index contributed by atoms with van der Waals surface area (Å²) in [5, 5.41) is 2.97. The second kappa shape index (κ2) is 5.83. The lowest BCUT2D eigenvalue weighted by Gasteiger charge is -2.22. The number of nitrogens with one attached hydrogen (secondary N) is 2. The van der Waals surface area contributed by atoms with Gasteiger partial charge < -0.3 is 10.7 Å². The molecule has 1 saturated heterocycles. The molecular weight excluding hydrogens is 238 g/mol. The smallest absolute Gasteiger partial charge is 0.271 e. The molecule has 1 fully saturated rings. The number of hydrogen-bond acceptors (Lipinski definition) is 6. The fourth-order valence-electron chi connectivity index (χ4n) is 1.62. The average molecular weight is 253 g/mol. The van der Waals surface area contributed by atoms with E-state index in [9.17, 15) is 4.79 Å². The van der Waals surface area contributed by atoms with E-state index >= 15 is 0 Å². The van der Waals surface area contributed by atoms with Crippen molar-refractivity contribution in [3.8, 4) is 0 Å². The summed E-state index contributed by atoms with van der Waals surface area (Å²) in [6.07, 6.45) is 4.90. The maximum absolute atomic E-state index is 11.8. The SMILES string of the molecule is NNc1cnc(C(=O)NC2CCSCC2)cn1. The van der Waals surface area contributed by atoms with Gasteiger partial charge in [-0.2, -0.15) is 11.8 Å². The molecular formula is C10H15N5OS. The highest BCUT2D eigenvalue weighted by Gasteiger charge is 2.17. The standard InChI is InChI=1S/C10H15N5OS/c11-15-9-6-12-8(5-13-9)10(16)14-7-1-3-17-4-2-7/h5-7H,1-4,11H2,(H,13,15)(H,14,16). The molecule has 17 heavy (non-hydrogen) atoms. The number of rotatable bonds is 3. The molecule has 0 aliphatic carbocycles. The van der Waals surface area contributed by atoms with Gasteiger partial charge >= 0.3 is 0 Å². The Hall–Kier alpha value is -1.34. The van der Waals surface area contributed by atoms with Gasteiger partial charge in [-0.25, -0.2) is 15.8 Å². The number of nitrogens with two attached hydrogens (primary N) is 1. The third-order valence-corrected chi connectivity index (χ3v) is 3.64. The van der Waals surface area contributed by atoms with Gasteiger partial charge in [0, 0.05) is 6.04 Å². The molecule has 2 heterocycles. The van der Waals surface area contributed by atoms with E-state index in [1.807, 2.05) is 11.8 Å². The lowest BCUT2D eigenvalue weighted by Crippen LogP contribution is -2.37. The number of thioether (sulfide) groups is 1. The molecule has 1 aliphatic heterocycles. The first-order valence-corrected chi connectivity index (χ1v) is 6.62. The number of aromatic nitrogens is 2. The molecule has 0 unspecified atom stereocenters. The summed E-state index contributed by atoms with van der Waals surface area (Å²) in [6, 6.07) is 0.262. The van der Waals surface area contributed by atoms with E-state index in [-0.39, 0.29) is 11.9 Å². The molecule has 1 aromatic rings. The third kappa shape index (κ3) is 3.31.